The Morgan fingerprint density at radius 3 is 2.37 bits per heavy atom. The quantitative estimate of drug-likeness (QED) is 0.692. The van der Waals surface area contributed by atoms with Crippen LogP contribution in [0.5, 0.6) is 11.5 Å². The minimum atomic E-state index is -3.70. The molecule has 1 amide bonds. The van der Waals surface area contributed by atoms with Crippen molar-refractivity contribution >= 4 is 15.9 Å². The van der Waals surface area contributed by atoms with Crippen LogP contribution in [0.25, 0.3) is 0 Å². The Kier molecular flexibility index (Phi) is 6.99. The minimum Gasteiger partial charge on any atom is -0.495 e. The van der Waals surface area contributed by atoms with Gasteiger partial charge in [0.15, 0.2) is 0 Å². The van der Waals surface area contributed by atoms with Crippen molar-refractivity contribution in [3.05, 3.63) is 53.6 Å². The first kappa shape index (κ1) is 22.1. The number of ether oxygens (including phenoxy) is 2. The zero-order valence-corrected chi connectivity index (χ0v) is 18.4. The van der Waals surface area contributed by atoms with Crippen LogP contribution in [-0.2, 0) is 16.6 Å². The van der Waals surface area contributed by atoms with E-state index in [0.29, 0.717) is 19.6 Å². The lowest BCUT2D eigenvalue weighted by atomic mass is 10.2. The normalized spacial score (nSPS) is 14.7. The fourth-order valence-corrected chi connectivity index (χ4v) is 5.03. The van der Waals surface area contributed by atoms with Gasteiger partial charge in [-0.05, 0) is 62.6 Å². The van der Waals surface area contributed by atoms with E-state index in [4.69, 9.17) is 9.47 Å². The van der Waals surface area contributed by atoms with Crippen LogP contribution < -0.4 is 14.8 Å². The number of rotatable bonds is 8. The van der Waals surface area contributed by atoms with Gasteiger partial charge in [0.05, 0.1) is 13.2 Å². The van der Waals surface area contributed by atoms with E-state index in [0.717, 1.165) is 24.2 Å². The SMILES string of the molecule is COc1ccc(C(=O)NCc2ccc(OC(C)C)cc2)cc1S(=O)(=O)N1CCCC1. The summed E-state index contributed by atoms with van der Waals surface area (Å²) in [6.45, 7) is 5.21. The standard InChI is InChI=1S/C22H28N2O5S/c1-16(2)29-19-9-6-17(7-10-19)15-23-22(25)18-8-11-20(28-3)21(14-18)30(26,27)24-12-4-5-13-24/h6-11,14,16H,4-5,12-13,15H2,1-3H3,(H,23,25). The first-order valence-corrected chi connectivity index (χ1v) is 11.5. The maximum Gasteiger partial charge on any atom is 0.251 e. The summed E-state index contributed by atoms with van der Waals surface area (Å²) < 4.78 is 38.3. The van der Waals surface area contributed by atoms with Gasteiger partial charge in [-0.25, -0.2) is 8.42 Å². The number of carbonyl (C=O) groups is 1. The molecular formula is C22H28N2O5S. The third-order valence-corrected chi connectivity index (χ3v) is 6.78. The molecule has 3 rings (SSSR count). The topological polar surface area (TPSA) is 84.9 Å². The number of hydrogen-bond donors (Lipinski definition) is 1. The Balaban J connectivity index is 1.73. The molecule has 2 aromatic carbocycles. The summed E-state index contributed by atoms with van der Waals surface area (Å²) in [5.74, 6) is 0.657. The summed E-state index contributed by atoms with van der Waals surface area (Å²) in [6, 6.07) is 12.0. The maximum atomic E-state index is 13.0. The van der Waals surface area contributed by atoms with Gasteiger partial charge in [-0.1, -0.05) is 12.1 Å². The van der Waals surface area contributed by atoms with Gasteiger partial charge in [0, 0.05) is 25.2 Å². The molecule has 8 heteroatoms. The zero-order chi connectivity index (χ0) is 21.7. The molecule has 1 heterocycles. The first-order valence-electron chi connectivity index (χ1n) is 10.0. The molecule has 0 aliphatic carbocycles. The average Bonchev–Trinajstić information content (AvgIpc) is 3.28. The van der Waals surface area contributed by atoms with Crippen molar-refractivity contribution in [1.29, 1.82) is 0 Å². The molecule has 0 saturated carbocycles. The average molecular weight is 433 g/mol. The summed E-state index contributed by atoms with van der Waals surface area (Å²) >= 11 is 0. The lowest BCUT2D eigenvalue weighted by molar-refractivity contribution is 0.0950. The Morgan fingerprint density at radius 1 is 1.10 bits per heavy atom. The van der Waals surface area contributed by atoms with Gasteiger partial charge in [0.1, 0.15) is 16.4 Å². The highest BCUT2D eigenvalue weighted by Crippen LogP contribution is 2.29. The maximum absolute atomic E-state index is 13.0. The van der Waals surface area contributed by atoms with Gasteiger partial charge in [0.2, 0.25) is 10.0 Å². The lowest BCUT2D eigenvalue weighted by Gasteiger charge is -2.18. The van der Waals surface area contributed by atoms with Crippen LogP contribution in [0, 0.1) is 0 Å². The summed E-state index contributed by atoms with van der Waals surface area (Å²) in [5, 5.41) is 2.83. The number of sulfonamides is 1. The summed E-state index contributed by atoms with van der Waals surface area (Å²) in [6.07, 6.45) is 1.77. The molecule has 1 fully saturated rings. The second-order valence-electron chi connectivity index (χ2n) is 7.47. The van der Waals surface area contributed by atoms with E-state index in [1.807, 2.05) is 38.1 Å². The molecule has 0 radical (unpaired) electrons. The number of amides is 1. The molecule has 30 heavy (non-hydrogen) atoms. The number of nitrogens with one attached hydrogen (secondary N) is 1. The number of hydrogen-bond acceptors (Lipinski definition) is 5. The number of nitrogens with zero attached hydrogens (tertiary/aromatic N) is 1. The third-order valence-electron chi connectivity index (χ3n) is 4.86. The molecule has 0 unspecified atom stereocenters. The van der Waals surface area contributed by atoms with Crippen molar-refractivity contribution in [2.75, 3.05) is 20.2 Å². The van der Waals surface area contributed by atoms with Crippen molar-refractivity contribution < 1.29 is 22.7 Å². The molecule has 1 saturated heterocycles. The van der Waals surface area contributed by atoms with Crippen molar-refractivity contribution in [2.45, 2.75) is 44.2 Å². The molecule has 1 aliphatic rings. The van der Waals surface area contributed by atoms with E-state index in [1.54, 1.807) is 6.07 Å². The van der Waals surface area contributed by atoms with Gasteiger partial charge >= 0.3 is 0 Å². The fraction of sp³-hybridized carbons (Fsp3) is 0.409. The highest BCUT2D eigenvalue weighted by atomic mass is 32.2. The predicted molar refractivity (Wildman–Crippen MR) is 114 cm³/mol. The molecule has 1 aliphatic heterocycles. The van der Waals surface area contributed by atoms with Gasteiger partial charge in [-0.2, -0.15) is 4.31 Å². The smallest absolute Gasteiger partial charge is 0.251 e. The van der Waals surface area contributed by atoms with Crippen LogP contribution in [0.3, 0.4) is 0 Å². The second kappa shape index (κ2) is 9.49. The highest BCUT2D eigenvalue weighted by Gasteiger charge is 2.30. The van der Waals surface area contributed by atoms with Crippen molar-refractivity contribution in [3.8, 4) is 11.5 Å². The van der Waals surface area contributed by atoms with E-state index in [1.165, 1.54) is 23.5 Å². The van der Waals surface area contributed by atoms with E-state index in [2.05, 4.69) is 5.32 Å². The highest BCUT2D eigenvalue weighted by molar-refractivity contribution is 7.89. The van der Waals surface area contributed by atoms with Crippen LogP contribution >= 0.6 is 0 Å². The molecule has 0 bridgehead atoms. The van der Waals surface area contributed by atoms with E-state index in [9.17, 15) is 13.2 Å². The third kappa shape index (κ3) is 5.12. The second-order valence-corrected chi connectivity index (χ2v) is 9.38. The Morgan fingerprint density at radius 2 is 1.77 bits per heavy atom. The fourth-order valence-electron chi connectivity index (χ4n) is 3.33. The molecule has 162 valence electrons. The Labute approximate surface area is 178 Å². The number of carbonyl (C=O) groups excluding carboxylic acids is 1. The number of benzene rings is 2. The van der Waals surface area contributed by atoms with Crippen LogP contribution in [-0.4, -0.2) is 44.9 Å². The number of methoxy groups -OCH3 is 1. The summed E-state index contributed by atoms with van der Waals surface area (Å²) in [7, 11) is -2.28. The summed E-state index contributed by atoms with van der Waals surface area (Å²) in [4.78, 5) is 12.7. The van der Waals surface area contributed by atoms with Crippen LogP contribution in [0.1, 0.15) is 42.6 Å². The zero-order valence-electron chi connectivity index (χ0n) is 17.6. The van der Waals surface area contributed by atoms with Crippen LogP contribution in [0.15, 0.2) is 47.4 Å². The Hall–Kier alpha value is -2.58. The molecular weight excluding hydrogens is 404 g/mol. The molecule has 7 nitrogen and oxygen atoms in total. The van der Waals surface area contributed by atoms with E-state index >= 15 is 0 Å². The lowest BCUT2D eigenvalue weighted by Crippen LogP contribution is -2.29. The van der Waals surface area contributed by atoms with Crippen molar-refractivity contribution in [2.24, 2.45) is 0 Å². The predicted octanol–water partition coefficient (Wildman–Crippen LogP) is 3.20. The van der Waals surface area contributed by atoms with E-state index in [-0.39, 0.29) is 28.2 Å². The molecule has 2 aromatic rings. The minimum absolute atomic E-state index is 0.0229. The molecule has 0 aromatic heterocycles. The largest absolute Gasteiger partial charge is 0.495 e. The van der Waals surface area contributed by atoms with Gasteiger partial charge in [0.25, 0.3) is 5.91 Å². The monoisotopic (exact) mass is 432 g/mol. The Bertz CT molecular complexity index is 981. The van der Waals surface area contributed by atoms with Crippen molar-refractivity contribution in [3.63, 3.8) is 0 Å². The van der Waals surface area contributed by atoms with Crippen LogP contribution in [0.2, 0.25) is 0 Å². The van der Waals surface area contributed by atoms with Gasteiger partial charge in [-0.3, -0.25) is 4.79 Å². The summed E-state index contributed by atoms with van der Waals surface area (Å²) in [5.41, 5.74) is 1.19. The first-order chi connectivity index (χ1) is 14.3. The molecule has 0 atom stereocenters. The van der Waals surface area contributed by atoms with Crippen molar-refractivity contribution in [1.82, 2.24) is 9.62 Å². The van der Waals surface area contributed by atoms with Gasteiger partial charge in [-0.15, -0.1) is 0 Å². The van der Waals surface area contributed by atoms with E-state index < -0.39 is 10.0 Å². The van der Waals surface area contributed by atoms with Crippen LogP contribution in [0.4, 0.5) is 0 Å². The molecule has 0 spiro atoms. The van der Waals surface area contributed by atoms with Gasteiger partial charge < -0.3 is 14.8 Å². The molecule has 1 N–H and O–H groups in total.